The Labute approximate surface area is 205 Å². The number of phenolic OH excluding ortho intramolecular Hbond substituents is 1. The molecule has 5 rings (SSSR count). The van der Waals surface area contributed by atoms with Gasteiger partial charge in [-0.25, -0.2) is 0 Å². The summed E-state index contributed by atoms with van der Waals surface area (Å²) < 4.78 is 0. The summed E-state index contributed by atoms with van der Waals surface area (Å²) in [6.07, 6.45) is 1.08. The van der Waals surface area contributed by atoms with E-state index in [1.54, 1.807) is 6.92 Å². The molecule has 3 atom stereocenters. The van der Waals surface area contributed by atoms with Crippen LogP contribution >= 0.6 is 0 Å². The fraction of sp³-hybridized carbons (Fsp3) is 0.333. The molecule has 0 unspecified atom stereocenters. The van der Waals surface area contributed by atoms with Gasteiger partial charge in [0.25, 0.3) is 0 Å². The van der Waals surface area contributed by atoms with Crippen molar-refractivity contribution in [2.75, 3.05) is 0 Å². The Morgan fingerprint density at radius 3 is 2.29 bits per heavy atom. The van der Waals surface area contributed by atoms with Crippen LogP contribution in [0.4, 0.5) is 0 Å². The maximum atomic E-state index is 13.9. The predicted octanol–water partition coefficient (Wildman–Crippen LogP) is 5.62. The Morgan fingerprint density at radius 2 is 1.66 bits per heavy atom. The number of allylic oxidation sites excluding steroid dienone is 3. The summed E-state index contributed by atoms with van der Waals surface area (Å²) in [6, 6.07) is 13.0. The highest BCUT2D eigenvalue weighted by Crippen LogP contribution is 2.63. The molecule has 3 aliphatic carbocycles. The maximum absolute atomic E-state index is 13.9. The molecule has 2 aromatic carbocycles. The summed E-state index contributed by atoms with van der Waals surface area (Å²) in [4.78, 5) is 27.6. The maximum Gasteiger partial charge on any atom is 0.202 e. The van der Waals surface area contributed by atoms with Crippen molar-refractivity contribution in [2.24, 2.45) is 10.8 Å². The van der Waals surface area contributed by atoms with Gasteiger partial charge >= 0.3 is 0 Å². The van der Waals surface area contributed by atoms with Gasteiger partial charge in [-0.2, -0.15) is 0 Å². The van der Waals surface area contributed by atoms with E-state index in [0.29, 0.717) is 36.0 Å². The number of hydrogen-bond acceptors (Lipinski definition) is 5. The van der Waals surface area contributed by atoms with Crippen molar-refractivity contribution in [3.63, 3.8) is 0 Å². The number of carbonyl (C=O) groups is 2. The minimum Gasteiger partial charge on any atom is -0.508 e. The number of benzene rings is 2. The smallest absolute Gasteiger partial charge is 0.202 e. The molecule has 0 saturated carbocycles. The van der Waals surface area contributed by atoms with Crippen molar-refractivity contribution < 1.29 is 24.9 Å². The second-order valence-corrected chi connectivity index (χ2v) is 11.0. The summed E-state index contributed by atoms with van der Waals surface area (Å²) >= 11 is 0. The van der Waals surface area contributed by atoms with E-state index in [9.17, 15) is 24.9 Å². The quantitative estimate of drug-likeness (QED) is 0.529. The molecule has 2 aromatic rings. The Bertz CT molecular complexity index is 1400. The van der Waals surface area contributed by atoms with Crippen LogP contribution in [0.3, 0.4) is 0 Å². The van der Waals surface area contributed by atoms with E-state index in [1.165, 1.54) is 6.07 Å². The summed E-state index contributed by atoms with van der Waals surface area (Å²) in [6.45, 7) is 11.2. The molecule has 5 heteroatoms. The Hall–Kier alpha value is -3.44. The fourth-order valence-corrected chi connectivity index (χ4v) is 7.02. The number of ketones is 2. The van der Waals surface area contributed by atoms with Gasteiger partial charge in [0, 0.05) is 22.0 Å². The van der Waals surface area contributed by atoms with E-state index in [-0.39, 0.29) is 16.9 Å². The summed E-state index contributed by atoms with van der Waals surface area (Å²) in [5.41, 5.74) is 0.169. The second-order valence-electron chi connectivity index (χ2n) is 11.0. The Balaban J connectivity index is 1.78. The molecule has 3 aliphatic rings. The van der Waals surface area contributed by atoms with E-state index in [2.05, 4.69) is 6.58 Å². The highest BCUT2D eigenvalue weighted by Gasteiger charge is 2.66. The summed E-state index contributed by atoms with van der Waals surface area (Å²) in [5.74, 6) is -1.94. The molecular weight excluding hydrogens is 440 g/mol. The number of Topliss-reactive ketones (excluding diaryl/α,β-unsaturated/α-hetero) is 2. The normalized spacial score (nSPS) is 30.1. The highest BCUT2D eigenvalue weighted by atomic mass is 16.3. The van der Waals surface area contributed by atoms with Crippen LogP contribution in [0.1, 0.15) is 56.5 Å². The average molecular weight is 471 g/mol. The van der Waals surface area contributed by atoms with Crippen molar-refractivity contribution in [3.05, 3.63) is 88.2 Å². The standard InChI is InChI=1S/C30H30O5/c1-16(2)22-17(3)13-29(5)15-28(4)14-20-19(18-9-7-6-8-10-18)11-12-21(31)23(20)25(32)24(28)27(34)30(29,35)26(22)33/h6-12,31,34-35H,1,13-15H2,2-5H3/t28-,29+,30+/m1/s1. The van der Waals surface area contributed by atoms with Gasteiger partial charge in [0.2, 0.25) is 5.78 Å². The molecule has 0 bridgehead atoms. The summed E-state index contributed by atoms with van der Waals surface area (Å²) in [7, 11) is 0. The van der Waals surface area contributed by atoms with Gasteiger partial charge in [-0.15, -0.1) is 0 Å². The van der Waals surface area contributed by atoms with Crippen LogP contribution in [-0.4, -0.2) is 32.5 Å². The first kappa shape index (κ1) is 23.3. The first-order chi connectivity index (χ1) is 16.4. The van der Waals surface area contributed by atoms with Gasteiger partial charge in [-0.3, -0.25) is 9.59 Å². The van der Waals surface area contributed by atoms with E-state index in [0.717, 1.165) is 16.7 Å². The average Bonchev–Trinajstić information content (AvgIpc) is 2.76. The monoisotopic (exact) mass is 470 g/mol. The number of carbonyl (C=O) groups excluding carboxylic acids is 2. The van der Waals surface area contributed by atoms with Crippen molar-refractivity contribution in [1.82, 2.24) is 0 Å². The SMILES string of the molecule is C=C(C)C1=C(C)C[C@@]2(C)C[C@@]3(C)Cc4c(-c5ccccc5)ccc(O)c4C(=O)C3=C(O)[C@@]2(O)C1=O. The minimum absolute atomic E-state index is 0.0134. The van der Waals surface area contributed by atoms with Gasteiger partial charge in [0.1, 0.15) is 11.5 Å². The second kappa shape index (κ2) is 7.28. The van der Waals surface area contributed by atoms with Crippen molar-refractivity contribution in [2.45, 2.75) is 52.6 Å². The third kappa shape index (κ3) is 2.91. The molecule has 0 heterocycles. The van der Waals surface area contributed by atoms with E-state index in [4.69, 9.17) is 0 Å². The van der Waals surface area contributed by atoms with E-state index < -0.39 is 33.8 Å². The van der Waals surface area contributed by atoms with Crippen molar-refractivity contribution in [1.29, 1.82) is 0 Å². The van der Waals surface area contributed by atoms with Crippen LogP contribution in [0.5, 0.6) is 5.75 Å². The van der Waals surface area contributed by atoms with E-state index >= 15 is 0 Å². The lowest BCUT2D eigenvalue weighted by atomic mass is 9.47. The molecule has 35 heavy (non-hydrogen) atoms. The molecular formula is C30H30O5. The lowest BCUT2D eigenvalue weighted by Gasteiger charge is -2.56. The number of hydrogen-bond donors (Lipinski definition) is 3. The minimum atomic E-state index is -2.24. The van der Waals surface area contributed by atoms with Crippen LogP contribution in [0.25, 0.3) is 11.1 Å². The predicted molar refractivity (Wildman–Crippen MR) is 134 cm³/mol. The number of aromatic hydroxyl groups is 1. The Morgan fingerprint density at radius 1 is 1.00 bits per heavy atom. The van der Waals surface area contributed by atoms with Crippen LogP contribution in [-0.2, 0) is 11.2 Å². The molecule has 0 aromatic heterocycles. The van der Waals surface area contributed by atoms with Crippen LogP contribution in [0.2, 0.25) is 0 Å². The molecule has 180 valence electrons. The van der Waals surface area contributed by atoms with Gasteiger partial charge in [0.05, 0.1) is 5.56 Å². The van der Waals surface area contributed by atoms with Gasteiger partial charge < -0.3 is 15.3 Å². The first-order valence-corrected chi connectivity index (χ1v) is 11.9. The molecule has 3 N–H and O–H groups in total. The first-order valence-electron chi connectivity index (χ1n) is 11.9. The Kier molecular flexibility index (Phi) is 4.85. The fourth-order valence-electron chi connectivity index (χ4n) is 7.02. The number of aliphatic hydroxyl groups is 2. The van der Waals surface area contributed by atoms with Crippen LogP contribution in [0.15, 0.2) is 77.1 Å². The number of phenols is 1. The third-order valence-corrected chi connectivity index (χ3v) is 8.30. The molecule has 0 aliphatic heterocycles. The lowest BCUT2D eigenvalue weighted by Crippen LogP contribution is -2.63. The van der Waals surface area contributed by atoms with Crippen molar-refractivity contribution in [3.8, 4) is 16.9 Å². The number of aliphatic hydroxyl groups excluding tert-OH is 1. The molecule has 0 fully saturated rings. The van der Waals surface area contributed by atoms with Crippen LogP contribution < -0.4 is 0 Å². The van der Waals surface area contributed by atoms with Crippen LogP contribution in [0, 0.1) is 10.8 Å². The van der Waals surface area contributed by atoms with Crippen molar-refractivity contribution >= 4 is 11.6 Å². The zero-order valence-corrected chi connectivity index (χ0v) is 20.5. The molecule has 5 nitrogen and oxygen atoms in total. The largest absolute Gasteiger partial charge is 0.508 e. The molecule has 0 radical (unpaired) electrons. The molecule has 0 spiro atoms. The number of rotatable bonds is 2. The lowest BCUT2D eigenvalue weighted by molar-refractivity contribution is -0.156. The topological polar surface area (TPSA) is 94.8 Å². The highest BCUT2D eigenvalue weighted by molar-refractivity contribution is 6.17. The van der Waals surface area contributed by atoms with Gasteiger partial charge in [0.15, 0.2) is 11.4 Å². The summed E-state index contributed by atoms with van der Waals surface area (Å²) in [5, 5.41) is 34.2. The molecule has 0 saturated heterocycles. The van der Waals surface area contributed by atoms with Gasteiger partial charge in [-0.05, 0) is 61.4 Å². The number of fused-ring (bicyclic) bond motifs is 3. The van der Waals surface area contributed by atoms with Gasteiger partial charge in [-0.1, -0.05) is 62.4 Å². The zero-order valence-electron chi connectivity index (χ0n) is 20.5. The van der Waals surface area contributed by atoms with E-state index in [1.807, 2.05) is 57.2 Å². The molecule has 0 amide bonds. The third-order valence-electron chi connectivity index (χ3n) is 8.30. The zero-order chi connectivity index (χ0) is 25.5.